The van der Waals surface area contributed by atoms with E-state index in [1.54, 1.807) is 36.6 Å². The second-order valence-corrected chi connectivity index (χ2v) is 8.53. The number of hydrogen-bond acceptors (Lipinski definition) is 4. The van der Waals surface area contributed by atoms with Crippen molar-refractivity contribution in [1.29, 1.82) is 0 Å². The van der Waals surface area contributed by atoms with E-state index in [2.05, 4.69) is 10.6 Å². The van der Waals surface area contributed by atoms with Crippen molar-refractivity contribution >= 4 is 34.2 Å². The highest BCUT2D eigenvalue weighted by Gasteiger charge is 2.42. The number of carbonyl (C=O) groups excluding carboxylic acids is 3. The van der Waals surface area contributed by atoms with E-state index in [4.69, 9.17) is 0 Å². The number of nitrogens with one attached hydrogen (secondary N) is 2. The second-order valence-electron chi connectivity index (χ2n) is 7.18. The smallest absolute Gasteiger partial charge is 0.237 e. The summed E-state index contributed by atoms with van der Waals surface area (Å²) in [6.07, 6.45) is 3.10. The topological polar surface area (TPSA) is 92.3 Å². The van der Waals surface area contributed by atoms with Crippen LogP contribution >= 0.6 is 0 Å². The van der Waals surface area contributed by atoms with E-state index in [0.717, 1.165) is 11.1 Å². The summed E-state index contributed by atoms with van der Waals surface area (Å²) in [5, 5.41) is 5.28. The molecule has 2 aromatic rings. The van der Waals surface area contributed by atoms with Crippen molar-refractivity contribution in [2.45, 2.75) is 42.9 Å². The molecule has 0 unspecified atom stereocenters. The molecule has 2 N–H and O–H groups in total. The molecule has 3 rings (SSSR count). The number of anilines is 1. The molecule has 0 aliphatic carbocycles. The lowest BCUT2D eigenvalue weighted by Crippen LogP contribution is -2.51. The predicted molar refractivity (Wildman–Crippen MR) is 112 cm³/mol. The molecule has 152 valence electrons. The number of amides is 3. The van der Waals surface area contributed by atoms with Gasteiger partial charge in [-0.25, -0.2) is 0 Å². The number of rotatable bonds is 6. The van der Waals surface area contributed by atoms with Crippen LogP contribution in [0.3, 0.4) is 0 Å². The third-order valence-electron chi connectivity index (χ3n) is 5.42. The maximum atomic E-state index is 12.5. The SMILES string of the molecule is CC[C@@]1(c2ccc(NC(=O)Cc3ccccc3[S@](C)=O)cc2)CCC(=O)NC1=O. The molecule has 0 spiro atoms. The molecule has 29 heavy (non-hydrogen) atoms. The number of benzene rings is 2. The lowest BCUT2D eigenvalue weighted by atomic mass is 9.72. The summed E-state index contributed by atoms with van der Waals surface area (Å²) in [5.41, 5.74) is 1.46. The van der Waals surface area contributed by atoms with Gasteiger partial charge in [-0.3, -0.25) is 23.9 Å². The molecule has 6 nitrogen and oxygen atoms in total. The highest BCUT2D eigenvalue weighted by molar-refractivity contribution is 7.84. The zero-order valence-electron chi connectivity index (χ0n) is 16.5. The fourth-order valence-electron chi connectivity index (χ4n) is 3.75. The van der Waals surface area contributed by atoms with Crippen LogP contribution in [0.25, 0.3) is 0 Å². The monoisotopic (exact) mass is 412 g/mol. The minimum Gasteiger partial charge on any atom is -0.326 e. The Morgan fingerprint density at radius 1 is 1.14 bits per heavy atom. The number of imide groups is 1. The Kier molecular flexibility index (Phi) is 6.27. The van der Waals surface area contributed by atoms with Crippen molar-refractivity contribution in [2.24, 2.45) is 0 Å². The van der Waals surface area contributed by atoms with Crippen LogP contribution in [0.2, 0.25) is 0 Å². The first-order valence-electron chi connectivity index (χ1n) is 9.52. The molecular weight excluding hydrogens is 388 g/mol. The molecule has 1 fully saturated rings. The molecule has 0 saturated carbocycles. The van der Waals surface area contributed by atoms with Crippen molar-refractivity contribution < 1.29 is 18.6 Å². The maximum absolute atomic E-state index is 12.5. The summed E-state index contributed by atoms with van der Waals surface area (Å²) in [4.78, 5) is 37.1. The van der Waals surface area contributed by atoms with Crippen LogP contribution in [0.1, 0.15) is 37.3 Å². The molecule has 1 heterocycles. The van der Waals surface area contributed by atoms with Crippen molar-refractivity contribution in [1.82, 2.24) is 5.32 Å². The Hall–Kier alpha value is -2.80. The third kappa shape index (κ3) is 4.45. The summed E-state index contributed by atoms with van der Waals surface area (Å²) >= 11 is 0. The van der Waals surface area contributed by atoms with Crippen LogP contribution in [0, 0.1) is 0 Å². The maximum Gasteiger partial charge on any atom is 0.237 e. The highest BCUT2D eigenvalue weighted by Crippen LogP contribution is 2.36. The van der Waals surface area contributed by atoms with Gasteiger partial charge < -0.3 is 5.32 Å². The highest BCUT2D eigenvalue weighted by atomic mass is 32.2. The second kappa shape index (κ2) is 8.69. The van der Waals surface area contributed by atoms with Crippen molar-refractivity contribution in [3.05, 3.63) is 59.7 Å². The molecule has 0 aromatic heterocycles. The van der Waals surface area contributed by atoms with E-state index < -0.39 is 16.2 Å². The van der Waals surface area contributed by atoms with Crippen LogP contribution in [0.15, 0.2) is 53.4 Å². The van der Waals surface area contributed by atoms with Crippen LogP contribution in [0.5, 0.6) is 0 Å². The van der Waals surface area contributed by atoms with Gasteiger partial charge in [-0.1, -0.05) is 37.3 Å². The summed E-state index contributed by atoms with van der Waals surface area (Å²) in [7, 11) is -1.16. The first-order valence-corrected chi connectivity index (χ1v) is 11.1. The van der Waals surface area contributed by atoms with Gasteiger partial charge >= 0.3 is 0 Å². The van der Waals surface area contributed by atoms with Gasteiger partial charge in [-0.05, 0) is 42.2 Å². The Morgan fingerprint density at radius 3 is 2.45 bits per heavy atom. The van der Waals surface area contributed by atoms with Gasteiger partial charge in [0.1, 0.15) is 0 Å². The minimum absolute atomic E-state index is 0.126. The van der Waals surface area contributed by atoms with E-state index >= 15 is 0 Å². The van der Waals surface area contributed by atoms with E-state index in [1.807, 2.05) is 25.1 Å². The van der Waals surface area contributed by atoms with Crippen molar-refractivity contribution in [3.63, 3.8) is 0 Å². The molecule has 1 saturated heterocycles. The summed E-state index contributed by atoms with van der Waals surface area (Å²) in [6.45, 7) is 1.93. The van der Waals surface area contributed by atoms with Crippen LogP contribution < -0.4 is 10.6 Å². The van der Waals surface area contributed by atoms with Gasteiger partial charge in [0, 0.05) is 23.3 Å². The summed E-state index contributed by atoms with van der Waals surface area (Å²) in [6, 6.07) is 14.3. The Balaban J connectivity index is 1.72. The zero-order chi connectivity index (χ0) is 21.0. The molecular formula is C22H24N2O4S. The van der Waals surface area contributed by atoms with Crippen LogP contribution in [-0.2, 0) is 37.0 Å². The largest absolute Gasteiger partial charge is 0.326 e. The number of piperidine rings is 1. The average Bonchev–Trinajstić information content (AvgIpc) is 2.69. The molecule has 3 amide bonds. The van der Waals surface area contributed by atoms with Gasteiger partial charge in [-0.2, -0.15) is 0 Å². The lowest BCUT2D eigenvalue weighted by molar-refractivity contribution is -0.138. The average molecular weight is 413 g/mol. The minimum atomic E-state index is -1.16. The third-order valence-corrected chi connectivity index (χ3v) is 6.44. The Labute approximate surface area is 172 Å². The van der Waals surface area contributed by atoms with Gasteiger partial charge in [-0.15, -0.1) is 0 Å². The quantitative estimate of drug-likeness (QED) is 0.714. The standard InChI is InChI=1S/C22H24N2O4S/c1-3-22(13-12-19(25)24-21(22)27)16-8-10-17(11-9-16)23-20(26)14-15-6-4-5-7-18(15)29(2)28/h4-11H,3,12-14H2,1-2H3,(H,23,26)(H,24,25,27)/t22-,29-/m0/s1. The molecule has 0 radical (unpaired) electrons. The van der Waals surface area contributed by atoms with Crippen LogP contribution in [0.4, 0.5) is 5.69 Å². The van der Waals surface area contributed by atoms with Crippen molar-refractivity contribution in [3.8, 4) is 0 Å². The molecule has 1 aliphatic rings. The van der Waals surface area contributed by atoms with Gasteiger partial charge in [0.2, 0.25) is 17.7 Å². The molecule has 7 heteroatoms. The van der Waals surface area contributed by atoms with E-state index in [0.29, 0.717) is 29.8 Å². The van der Waals surface area contributed by atoms with E-state index in [-0.39, 0.29) is 24.1 Å². The first kappa shape index (κ1) is 20.9. The Bertz CT molecular complexity index is 971. The van der Waals surface area contributed by atoms with Gasteiger partial charge in [0.05, 0.1) is 22.6 Å². The van der Waals surface area contributed by atoms with Crippen LogP contribution in [-0.4, -0.2) is 28.2 Å². The summed E-state index contributed by atoms with van der Waals surface area (Å²) in [5.74, 6) is -0.713. The molecule has 0 bridgehead atoms. The van der Waals surface area contributed by atoms with E-state index in [9.17, 15) is 18.6 Å². The Morgan fingerprint density at radius 2 is 1.83 bits per heavy atom. The van der Waals surface area contributed by atoms with Crippen molar-refractivity contribution in [2.75, 3.05) is 11.6 Å². The lowest BCUT2D eigenvalue weighted by Gasteiger charge is -2.35. The summed E-state index contributed by atoms with van der Waals surface area (Å²) < 4.78 is 11.8. The predicted octanol–water partition coefficient (Wildman–Crippen LogP) is 2.69. The van der Waals surface area contributed by atoms with Gasteiger partial charge in [0.15, 0.2) is 0 Å². The zero-order valence-corrected chi connectivity index (χ0v) is 17.3. The fourth-order valence-corrected chi connectivity index (χ4v) is 4.53. The van der Waals surface area contributed by atoms with Gasteiger partial charge in [0.25, 0.3) is 0 Å². The molecule has 2 aromatic carbocycles. The fraction of sp³-hybridized carbons (Fsp3) is 0.318. The molecule has 1 aliphatic heterocycles. The van der Waals surface area contributed by atoms with E-state index in [1.165, 1.54) is 0 Å². The number of hydrogen-bond donors (Lipinski definition) is 2. The normalized spacial score (nSPS) is 20.1. The number of carbonyl (C=O) groups is 3. The molecule has 2 atom stereocenters. The first-order chi connectivity index (χ1) is 13.9.